The first-order valence-electron chi connectivity index (χ1n) is 12.6. The molecule has 1 N–H and O–H groups in total. The summed E-state index contributed by atoms with van der Waals surface area (Å²) >= 11 is 0. The molecule has 3 atom stereocenters. The van der Waals surface area contributed by atoms with Gasteiger partial charge >= 0.3 is 5.97 Å². The minimum absolute atomic E-state index is 0.387. The average molecular weight is 519 g/mol. The van der Waals surface area contributed by atoms with Gasteiger partial charge in [-0.15, -0.1) is 0 Å². The molecule has 8 heteroatoms. The summed E-state index contributed by atoms with van der Waals surface area (Å²) in [6.07, 6.45) is -0.264. The third-order valence-corrected chi connectivity index (χ3v) is 6.95. The lowest BCUT2D eigenvalue weighted by Crippen LogP contribution is -2.50. The third-order valence-electron chi connectivity index (χ3n) is 6.95. The molecule has 0 bridgehead atoms. The number of aliphatic hydroxyl groups is 1. The molecule has 1 aliphatic rings. The normalized spacial score (nSPS) is 16.4. The summed E-state index contributed by atoms with van der Waals surface area (Å²) in [6.45, 7) is 0.791. The number of nitrogens with zero attached hydrogens (tertiary/aromatic N) is 2. The van der Waals surface area contributed by atoms with Crippen LogP contribution < -0.4 is 14.4 Å². The summed E-state index contributed by atoms with van der Waals surface area (Å²) in [5.74, 6) is 0.469. The van der Waals surface area contributed by atoms with Crippen molar-refractivity contribution in [3.8, 4) is 11.5 Å². The molecule has 1 heterocycles. The Morgan fingerprint density at radius 1 is 0.921 bits per heavy atom. The summed E-state index contributed by atoms with van der Waals surface area (Å²) in [6, 6.07) is 23.2. The number of esters is 1. The quantitative estimate of drug-likeness (QED) is 0.406. The highest BCUT2D eigenvalue weighted by Crippen LogP contribution is 2.35. The predicted molar refractivity (Wildman–Crippen MR) is 144 cm³/mol. The Bertz CT molecular complexity index is 1200. The van der Waals surface area contributed by atoms with E-state index >= 15 is 0 Å². The van der Waals surface area contributed by atoms with Crippen LogP contribution in [0.2, 0.25) is 0 Å². The van der Waals surface area contributed by atoms with Gasteiger partial charge in [0.05, 0.1) is 27.4 Å². The van der Waals surface area contributed by atoms with Crippen LogP contribution >= 0.6 is 0 Å². The van der Waals surface area contributed by atoms with E-state index < -0.39 is 30.1 Å². The van der Waals surface area contributed by atoms with Gasteiger partial charge in [0.2, 0.25) is 0 Å². The Hall–Kier alpha value is -4.04. The van der Waals surface area contributed by atoms with Crippen LogP contribution in [0.5, 0.6) is 11.5 Å². The van der Waals surface area contributed by atoms with Crippen LogP contribution in [0.4, 0.5) is 5.69 Å². The maximum absolute atomic E-state index is 13.8. The Labute approximate surface area is 223 Å². The van der Waals surface area contributed by atoms with Gasteiger partial charge in [0.25, 0.3) is 5.91 Å². The average Bonchev–Trinajstić information content (AvgIpc) is 3.47. The van der Waals surface area contributed by atoms with Crippen LogP contribution in [-0.4, -0.2) is 61.9 Å². The molecule has 0 aromatic heterocycles. The zero-order chi connectivity index (χ0) is 27.1. The second-order valence-corrected chi connectivity index (χ2v) is 9.19. The molecule has 0 saturated carbocycles. The zero-order valence-electron chi connectivity index (χ0n) is 21.9. The van der Waals surface area contributed by atoms with Crippen LogP contribution in [0.3, 0.4) is 0 Å². The number of amides is 1. The van der Waals surface area contributed by atoms with Crippen LogP contribution in [-0.2, 0) is 20.9 Å². The summed E-state index contributed by atoms with van der Waals surface area (Å²) in [5.41, 5.74) is 2.54. The number of aliphatic hydroxyl groups excluding tert-OH is 1. The van der Waals surface area contributed by atoms with Crippen LogP contribution in [0, 0.1) is 0 Å². The molecule has 0 aliphatic carbocycles. The van der Waals surface area contributed by atoms with Crippen molar-refractivity contribution < 1.29 is 28.9 Å². The van der Waals surface area contributed by atoms with Crippen molar-refractivity contribution >= 4 is 17.6 Å². The third kappa shape index (κ3) is 5.92. The Morgan fingerprint density at radius 3 is 2.11 bits per heavy atom. The minimum Gasteiger partial charge on any atom is -0.497 e. The Balaban J connectivity index is 1.76. The van der Waals surface area contributed by atoms with Gasteiger partial charge in [-0.05, 0) is 60.4 Å². The summed E-state index contributed by atoms with van der Waals surface area (Å²) in [7, 11) is 4.53. The van der Waals surface area contributed by atoms with Crippen LogP contribution in [0.1, 0.15) is 30.0 Å². The van der Waals surface area contributed by atoms with Crippen LogP contribution in [0.15, 0.2) is 78.9 Å². The van der Waals surface area contributed by atoms with Gasteiger partial charge in [0, 0.05) is 18.8 Å². The Kier molecular flexibility index (Phi) is 8.86. The van der Waals surface area contributed by atoms with E-state index in [2.05, 4.69) is 0 Å². The highest BCUT2D eigenvalue weighted by atomic mass is 16.5. The smallest absolute Gasteiger partial charge is 0.328 e. The van der Waals surface area contributed by atoms with Crippen molar-refractivity contribution in [3.63, 3.8) is 0 Å². The molecule has 8 nitrogen and oxygen atoms in total. The van der Waals surface area contributed by atoms with Gasteiger partial charge in [-0.25, -0.2) is 4.79 Å². The van der Waals surface area contributed by atoms with Gasteiger partial charge in [0.1, 0.15) is 17.5 Å². The number of carbonyl (C=O) groups is 2. The van der Waals surface area contributed by atoms with Crippen molar-refractivity contribution in [1.29, 1.82) is 0 Å². The highest BCUT2D eigenvalue weighted by molar-refractivity contribution is 5.88. The molecular weight excluding hydrogens is 484 g/mol. The van der Waals surface area contributed by atoms with E-state index in [0.717, 1.165) is 22.6 Å². The molecule has 4 rings (SSSR count). The molecule has 38 heavy (non-hydrogen) atoms. The zero-order valence-corrected chi connectivity index (χ0v) is 21.9. The summed E-state index contributed by atoms with van der Waals surface area (Å²) in [5, 5.41) is 11.7. The van der Waals surface area contributed by atoms with Gasteiger partial charge in [-0.2, -0.15) is 0 Å². The lowest BCUT2D eigenvalue weighted by Gasteiger charge is -2.38. The van der Waals surface area contributed by atoms with Gasteiger partial charge in [-0.3, -0.25) is 4.79 Å². The largest absolute Gasteiger partial charge is 0.497 e. The number of benzene rings is 3. The fourth-order valence-electron chi connectivity index (χ4n) is 4.95. The first-order chi connectivity index (χ1) is 18.5. The van der Waals surface area contributed by atoms with E-state index in [1.807, 2.05) is 83.8 Å². The molecule has 0 spiro atoms. The molecule has 1 saturated heterocycles. The fraction of sp³-hybridized carbons (Fsp3) is 0.333. The summed E-state index contributed by atoms with van der Waals surface area (Å²) < 4.78 is 15.6. The van der Waals surface area contributed by atoms with E-state index in [4.69, 9.17) is 14.2 Å². The van der Waals surface area contributed by atoms with E-state index in [1.165, 1.54) is 12.0 Å². The van der Waals surface area contributed by atoms with E-state index in [9.17, 15) is 14.7 Å². The van der Waals surface area contributed by atoms with Crippen molar-refractivity contribution in [2.24, 2.45) is 0 Å². The van der Waals surface area contributed by atoms with Gasteiger partial charge in [-0.1, -0.05) is 42.5 Å². The number of anilines is 1. The van der Waals surface area contributed by atoms with E-state index in [-0.39, 0.29) is 0 Å². The molecule has 0 unspecified atom stereocenters. The molecular formula is C30H34N2O6. The summed E-state index contributed by atoms with van der Waals surface area (Å²) in [4.78, 5) is 29.6. The molecule has 1 amide bonds. The molecule has 1 aliphatic heterocycles. The number of ether oxygens (including phenoxy) is 3. The maximum Gasteiger partial charge on any atom is 0.328 e. The number of carbonyl (C=O) groups excluding carboxylic acids is 2. The van der Waals surface area contributed by atoms with E-state index in [0.29, 0.717) is 31.7 Å². The first kappa shape index (κ1) is 27.0. The molecule has 200 valence electrons. The molecule has 3 aromatic rings. The molecule has 1 fully saturated rings. The lowest BCUT2D eigenvalue weighted by atomic mass is 9.96. The van der Waals surface area contributed by atoms with Crippen molar-refractivity contribution in [3.05, 3.63) is 90.0 Å². The Morgan fingerprint density at radius 2 is 1.53 bits per heavy atom. The maximum atomic E-state index is 13.8. The van der Waals surface area contributed by atoms with Crippen LogP contribution in [0.25, 0.3) is 0 Å². The highest BCUT2D eigenvalue weighted by Gasteiger charge is 2.41. The predicted octanol–water partition coefficient (Wildman–Crippen LogP) is 3.98. The molecule has 3 aromatic carbocycles. The standard InChI is InChI=1S/C30H34N2O6/c1-36-24-15-11-21(12-16-24)20-32(23-13-17-25(37-2)18-14-23)27(22-8-5-4-6-9-22)28(33)29(34)31-19-7-10-26(31)30(35)38-3/h4-6,8-9,11-18,26-28,33H,7,10,19-20H2,1-3H3/t26-,27-,28-/m1/s1. The van der Waals surface area contributed by atoms with Crippen molar-refractivity contribution in [2.75, 3.05) is 32.8 Å². The van der Waals surface area contributed by atoms with Gasteiger partial charge in [0.15, 0.2) is 6.10 Å². The number of rotatable bonds is 10. The number of hydrogen-bond acceptors (Lipinski definition) is 7. The second kappa shape index (κ2) is 12.5. The van der Waals surface area contributed by atoms with Crippen molar-refractivity contribution in [1.82, 2.24) is 4.90 Å². The molecule has 0 radical (unpaired) electrons. The monoisotopic (exact) mass is 518 g/mol. The van der Waals surface area contributed by atoms with Gasteiger partial charge < -0.3 is 29.1 Å². The topological polar surface area (TPSA) is 88.5 Å². The van der Waals surface area contributed by atoms with E-state index in [1.54, 1.807) is 14.2 Å². The fourth-order valence-corrected chi connectivity index (χ4v) is 4.95. The first-order valence-corrected chi connectivity index (χ1v) is 12.6. The number of methoxy groups -OCH3 is 3. The second-order valence-electron chi connectivity index (χ2n) is 9.19. The number of likely N-dealkylation sites (tertiary alicyclic amines) is 1. The minimum atomic E-state index is -1.44. The van der Waals surface area contributed by atoms with Crippen molar-refractivity contribution in [2.45, 2.75) is 37.6 Å². The SMILES string of the molecule is COC(=O)[C@H]1CCCN1C(=O)[C@H](O)[C@@H](c1ccccc1)N(Cc1ccc(OC)cc1)c1ccc(OC)cc1. The lowest BCUT2D eigenvalue weighted by molar-refractivity contribution is -0.154. The number of hydrogen-bond donors (Lipinski definition) is 1.